The summed E-state index contributed by atoms with van der Waals surface area (Å²) in [6.07, 6.45) is 14.2. The number of carbonyl (C=O) groups excluding carboxylic acids is 2. The number of hydrogen-bond acceptors (Lipinski definition) is 4. The van der Waals surface area contributed by atoms with E-state index in [-0.39, 0.29) is 11.8 Å². The number of rotatable bonds is 5. The lowest BCUT2D eigenvalue weighted by Crippen LogP contribution is -2.40. The first-order valence-corrected chi connectivity index (χ1v) is 13.0. The molecule has 1 saturated heterocycles. The van der Waals surface area contributed by atoms with Crippen LogP contribution >= 0.6 is 0 Å². The Morgan fingerprint density at radius 2 is 1.66 bits per heavy atom. The zero-order valence-corrected chi connectivity index (χ0v) is 19.7. The van der Waals surface area contributed by atoms with Gasteiger partial charge in [0, 0.05) is 49.7 Å². The standard InChI is InChI=1S/C26H38N4O2/c1-18-22-11-12-23(31)30(16-20-9-3-2-4-10-20)26(22)28-25(27-18)21-13-14-29(17-21)24(32)15-19-7-5-6-8-19/h19-21H,2-17H2,1H3/t21-/m1/s1. The molecule has 4 aliphatic rings. The van der Waals surface area contributed by atoms with Gasteiger partial charge in [-0.15, -0.1) is 0 Å². The third-order valence-corrected chi connectivity index (χ3v) is 8.36. The number of anilines is 1. The van der Waals surface area contributed by atoms with Crippen molar-refractivity contribution < 1.29 is 9.59 Å². The molecule has 2 saturated carbocycles. The lowest BCUT2D eigenvalue weighted by Gasteiger charge is -2.33. The summed E-state index contributed by atoms with van der Waals surface area (Å²) in [5.74, 6) is 3.58. The number of nitrogens with zero attached hydrogens (tertiary/aromatic N) is 4. The summed E-state index contributed by atoms with van der Waals surface area (Å²) < 4.78 is 0. The van der Waals surface area contributed by atoms with Crippen LogP contribution in [0.3, 0.4) is 0 Å². The highest BCUT2D eigenvalue weighted by atomic mass is 16.2. The number of aromatic nitrogens is 2. The van der Waals surface area contributed by atoms with Crippen molar-refractivity contribution in [3.63, 3.8) is 0 Å². The van der Waals surface area contributed by atoms with Crippen molar-refractivity contribution in [3.05, 3.63) is 17.1 Å². The maximum Gasteiger partial charge on any atom is 0.228 e. The van der Waals surface area contributed by atoms with Gasteiger partial charge < -0.3 is 4.90 Å². The zero-order chi connectivity index (χ0) is 22.1. The minimum Gasteiger partial charge on any atom is -0.342 e. The van der Waals surface area contributed by atoms with Crippen LogP contribution in [0.25, 0.3) is 0 Å². The van der Waals surface area contributed by atoms with Gasteiger partial charge in [-0.25, -0.2) is 9.97 Å². The molecule has 2 amide bonds. The van der Waals surface area contributed by atoms with Crippen molar-refractivity contribution in [2.24, 2.45) is 11.8 Å². The molecule has 6 heteroatoms. The summed E-state index contributed by atoms with van der Waals surface area (Å²) in [6.45, 7) is 4.40. The summed E-state index contributed by atoms with van der Waals surface area (Å²) in [4.78, 5) is 39.6. The number of carbonyl (C=O) groups is 2. The maximum atomic E-state index is 12.9. The summed E-state index contributed by atoms with van der Waals surface area (Å²) in [6, 6.07) is 0. The molecule has 0 aromatic carbocycles. The molecule has 0 radical (unpaired) electrons. The Kier molecular flexibility index (Phi) is 6.47. The first-order valence-electron chi connectivity index (χ1n) is 13.0. The summed E-state index contributed by atoms with van der Waals surface area (Å²) >= 11 is 0. The normalized spacial score (nSPS) is 24.9. The second-order valence-corrected chi connectivity index (χ2v) is 10.7. The van der Waals surface area contributed by atoms with Crippen LogP contribution in [0.1, 0.15) is 100 Å². The number of fused-ring (bicyclic) bond motifs is 1. The molecule has 1 aromatic rings. The van der Waals surface area contributed by atoms with Crippen LogP contribution in [0.5, 0.6) is 0 Å². The van der Waals surface area contributed by atoms with Gasteiger partial charge in [0.2, 0.25) is 11.8 Å². The molecule has 2 aliphatic heterocycles. The van der Waals surface area contributed by atoms with Gasteiger partial charge in [0.25, 0.3) is 0 Å². The smallest absolute Gasteiger partial charge is 0.228 e. The molecule has 0 spiro atoms. The Hall–Kier alpha value is -1.98. The Bertz CT molecular complexity index is 858. The monoisotopic (exact) mass is 438 g/mol. The third-order valence-electron chi connectivity index (χ3n) is 8.36. The molecule has 1 atom stereocenters. The highest BCUT2D eigenvalue weighted by Crippen LogP contribution is 2.35. The predicted octanol–water partition coefficient (Wildman–Crippen LogP) is 4.54. The van der Waals surface area contributed by atoms with Gasteiger partial charge in [-0.2, -0.15) is 0 Å². The highest BCUT2D eigenvalue weighted by molar-refractivity contribution is 5.95. The molecule has 32 heavy (non-hydrogen) atoms. The molecule has 2 aliphatic carbocycles. The second kappa shape index (κ2) is 9.48. The summed E-state index contributed by atoms with van der Waals surface area (Å²) in [5.41, 5.74) is 2.16. The maximum absolute atomic E-state index is 12.9. The van der Waals surface area contributed by atoms with E-state index in [9.17, 15) is 9.59 Å². The average molecular weight is 439 g/mol. The fraction of sp³-hybridized carbons (Fsp3) is 0.769. The molecule has 6 nitrogen and oxygen atoms in total. The number of aryl methyl sites for hydroxylation is 1. The number of amides is 2. The Balaban J connectivity index is 1.31. The molecule has 1 aromatic heterocycles. The topological polar surface area (TPSA) is 66.4 Å². The van der Waals surface area contributed by atoms with Gasteiger partial charge in [-0.1, -0.05) is 32.1 Å². The molecule has 174 valence electrons. The van der Waals surface area contributed by atoms with Gasteiger partial charge in [-0.3, -0.25) is 14.5 Å². The van der Waals surface area contributed by atoms with Crippen molar-refractivity contribution in [1.29, 1.82) is 0 Å². The van der Waals surface area contributed by atoms with Crippen LogP contribution in [0.2, 0.25) is 0 Å². The van der Waals surface area contributed by atoms with Crippen molar-refractivity contribution in [3.8, 4) is 0 Å². The Morgan fingerprint density at radius 1 is 0.938 bits per heavy atom. The molecule has 5 rings (SSSR count). The summed E-state index contributed by atoms with van der Waals surface area (Å²) in [7, 11) is 0. The van der Waals surface area contributed by atoms with E-state index in [0.29, 0.717) is 30.6 Å². The van der Waals surface area contributed by atoms with E-state index in [1.165, 1.54) is 57.8 Å². The van der Waals surface area contributed by atoms with Gasteiger partial charge in [-0.05, 0) is 57.3 Å². The molecule has 0 N–H and O–H groups in total. The molecule has 0 unspecified atom stereocenters. The van der Waals surface area contributed by atoms with Crippen molar-refractivity contribution in [2.45, 2.75) is 96.3 Å². The van der Waals surface area contributed by atoms with E-state index in [0.717, 1.165) is 55.4 Å². The van der Waals surface area contributed by atoms with E-state index in [1.54, 1.807) is 0 Å². The van der Waals surface area contributed by atoms with Crippen LogP contribution in [-0.4, -0.2) is 46.3 Å². The number of likely N-dealkylation sites (tertiary alicyclic amines) is 1. The highest BCUT2D eigenvalue weighted by Gasteiger charge is 2.34. The molecular weight excluding hydrogens is 400 g/mol. The first-order chi connectivity index (χ1) is 15.6. The average Bonchev–Trinajstić information content (AvgIpc) is 3.49. The largest absolute Gasteiger partial charge is 0.342 e. The predicted molar refractivity (Wildman–Crippen MR) is 125 cm³/mol. The van der Waals surface area contributed by atoms with Crippen molar-refractivity contribution >= 4 is 17.6 Å². The van der Waals surface area contributed by atoms with Gasteiger partial charge in [0.15, 0.2) is 0 Å². The van der Waals surface area contributed by atoms with Gasteiger partial charge >= 0.3 is 0 Å². The van der Waals surface area contributed by atoms with E-state index in [1.807, 2.05) is 9.80 Å². The molecule has 3 fully saturated rings. The van der Waals surface area contributed by atoms with Gasteiger partial charge in [0.1, 0.15) is 11.6 Å². The second-order valence-electron chi connectivity index (χ2n) is 10.7. The van der Waals surface area contributed by atoms with Crippen molar-refractivity contribution in [2.75, 3.05) is 24.5 Å². The lowest BCUT2D eigenvalue weighted by atomic mass is 9.88. The van der Waals surface area contributed by atoms with Crippen LogP contribution in [0.15, 0.2) is 0 Å². The minimum atomic E-state index is 0.181. The quantitative estimate of drug-likeness (QED) is 0.677. The van der Waals surface area contributed by atoms with Crippen LogP contribution in [-0.2, 0) is 16.0 Å². The van der Waals surface area contributed by atoms with E-state index < -0.39 is 0 Å². The van der Waals surface area contributed by atoms with E-state index >= 15 is 0 Å². The van der Waals surface area contributed by atoms with E-state index in [2.05, 4.69) is 6.92 Å². The SMILES string of the molecule is Cc1nc([C@@H]2CCN(C(=O)CC3CCCC3)C2)nc2c1CCC(=O)N2CC1CCCCC1. The fourth-order valence-corrected chi connectivity index (χ4v) is 6.39. The third kappa shape index (κ3) is 4.55. The molecular formula is C26H38N4O2. The van der Waals surface area contributed by atoms with Crippen LogP contribution in [0.4, 0.5) is 5.82 Å². The van der Waals surface area contributed by atoms with Gasteiger partial charge in [0.05, 0.1) is 0 Å². The first kappa shape index (κ1) is 21.8. The summed E-state index contributed by atoms with van der Waals surface area (Å²) in [5, 5.41) is 0. The molecule has 0 bridgehead atoms. The Labute approximate surface area is 192 Å². The van der Waals surface area contributed by atoms with Crippen LogP contribution < -0.4 is 4.90 Å². The Morgan fingerprint density at radius 3 is 2.44 bits per heavy atom. The molecule has 3 heterocycles. The van der Waals surface area contributed by atoms with Crippen LogP contribution in [0, 0.1) is 18.8 Å². The lowest BCUT2D eigenvalue weighted by molar-refractivity contribution is -0.131. The van der Waals surface area contributed by atoms with Crippen molar-refractivity contribution in [1.82, 2.24) is 14.9 Å². The van der Waals surface area contributed by atoms with E-state index in [4.69, 9.17) is 9.97 Å². The minimum absolute atomic E-state index is 0.181. The fourth-order valence-electron chi connectivity index (χ4n) is 6.39. The zero-order valence-electron chi connectivity index (χ0n) is 19.7. The number of hydrogen-bond donors (Lipinski definition) is 0.